The van der Waals surface area contributed by atoms with E-state index < -0.39 is 0 Å². The molecule has 0 aliphatic carbocycles. The van der Waals surface area contributed by atoms with Crippen LogP contribution >= 0.6 is 0 Å². The number of hydrogen-bond donors (Lipinski definition) is 1. The van der Waals surface area contributed by atoms with E-state index in [9.17, 15) is 4.39 Å². The second kappa shape index (κ2) is 6.86. The zero-order chi connectivity index (χ0) is 15.4. The van der Waals surface area contributed by atoms with E-state index in [4.69, 9.17) is 0 Å². The lowest BCUT2D eigenvalue weighted by Gasteiger charge is -2.20. The first-order valence-electron chi connectivity index (χ1n) is 7.53. The molecule has 0 heterocycles. The maximum atomic E-state index is 13.3. The van der Waals surface area contributed by atoms with Gasteiger partial charge in [-0.3, -0.25) is 0 Å². The minimum Gasteiger partial charge on any atom is -0.309 e. The summed E-state index contributed by atoms with van der Waals surface area (Å²) in [4.78, 5) is 0. The zero-order valence-corrected chi connectivity index (χ0v) is 13.3. The van der Waals surface area contributed by atoms with Crippen LogP contribution in [0.15, 0.2) is 42.5 Å². The van der Waals surface area contributed by atoms with Crippen molar-refractivity contribution in [2.24, 2.45) is 5.92 Å². The SMILES string of the molecule is CNC(c1ccc(CC(C)C)cc1)c1ccc(F)cc1C. The molecule has 2 rings (SSSR count). The topological polar surface area (TPSA) is 12.0 Å². The largest absolute Gasteiger partial charge is 0.309 e. The maximum Gasteiger partial charge on any atom is 0.123 e. The smallest absolute Gasteiger partial charge is 0.123 e. The molecule has 0 aromatic heterocycles. The van der Waals surface area contributed by atoms with Crippen molar-refractivity contribution in [1.82, 2.24) is 5.32 Å². The molecule has 0 amide bonds. The highest BCUT2D eigenvalue weighted by atomic mass is 19.1. The number of rotatable bonds is 5. The number of aryl methyl sites for hydroxylation is 1. The summed E-state index contributed by atoms with van der Waals surface area (Å²) < 4.78 is 13.3. The summed E-state index contributed by atoms with van der Waals surface area (Å²) >= 11 is 0. The molecule has 1 nitrogen and oxygen atoms in total. The van der Waals surface area contributed by atoms with Gasteiger partial charge in [0.1, 0.15) is 5.82 Å². The second-order valence-corrected chi connectivity index (χ2v) is 6.06. The average molecular weight is 285 g/mol. The monoisotopic (exact) mass is 285 g/mol. The van der Waals surface area contributed by atoms with Gasteiger partial charge in [0.15, 0.2) is 0 Å². The molecule has 2 aromatic carbocycles. The van der Waals surface area contributed by atoms with Crippen LogP contribution in [0.1, 0.15) is 42.1 Å². The molecule has 2 aromatic rings. The Morgan fingerprint density at radius 3 is 2.24 bits per heavy atom. The Labute approximate surface area is 127 Å². The van der Waals surface area contributed by atoms with Gasteiger partial charge in [-0.1, -0.05) is 44.2 Å². The molecule has 0 fully saturated rings. The molecule has 0 aliphatic heterocycles. The van der Waals surface area contributed by atoms with E-state index in [0.717, 1.165) is 17.5 Å². The highest BCUT2D eigenvalue weighted by molar-refractivity contribution is 5.38. The fraction of sp³-hybridized carbons (Fsp3) is 0.368. The minimum atomic E-state index is -0.182. The van der Waals surface area contributed by atoms with Crippen LogP contribution < -0.4 is 5.32 Å². The third kappa shape index (κ3) is 3.92. The number of halogens is 1. The first-order valence-corrected chi connectivity index (χ1v) is 7.53. The van der Waals surface area contributed by atoms with Gasteiger partial charge in [0.05, 0.1) is 6.04 Å². The van der Waals surface area contributed by atoms with E-state index >= 15 is 0 Å². The molecule has 0 saturated carbocycles. The van der Waals surface area contributed by atoms with Crippen LogP contribution in [-0.2, 0) is 6.42 Å². The Kier molecular flexibility index (Phi) is 5.13. The summed E-state index contributed by atoms with van der Waals surface area (Å²) in [5, 5.41) is 3.33. The van der Waals surface area contributed by atoms with Crippen molar-refractivity contribution in [3.63, 3.8) is 0 Å². The quantitative estimate of drug-likeness (QED) is 0.843. The molecule has 1 atom stereocenters. The van der Waals surface area contributed by atoms with Crippen molar-refractivity contribution < 1.29 is 4.39 Å². The van der Waals surface area contributed by atoms with E-state index in [-0.39, 0.29) is 11.9 Å². The van der Waals surface area contributed by atoms with Gasteiger partial charge >= 0.3 is 0 Å². The van der Waals surface area contributed by atoms with Crippen molar-refractivity contribution in [2.45, 2.75) is 33.2 Å². The van der Waals surface area contributed by atoms with Crippen molar-refractivity contribution >= 4 is 0 Å². The molecule has 0 spiro atoms. The fourth-order valence-electron chi connectivity index (χ4n) is 2.78. The molecule has 0 radical (unpaired) electrons. The molecule has 0 bridgehead atoms. The van der Waals surface area contributed by atoms with Crippen LogP contribution in [0.2, 0.25) is 0 Å². The summed E-state index contributed by atoms with van der Waals surface area (Å²) in [5.41, 5.74) is 4.66. The Hall–Kier alpha value is -1.67. The fourth-order valence-corrected chi connectivity index (χ4v) is 2.78. The first-order chi connectivity index (χ1) is 10.0. The van der Waals surface area contributed by atoms with Gasteiger partial charge in [-0.15, -0.1) is 0 Å². The average Bonchev–Trinajstić information content (AvgIpc) is 2.43. The summed E-state index contributed by atoms with van der Waals surface area (Å²) in [6.07, 6.45) is 1.10. The minimum absolute atomic E-state index is 0.0960. The zero-order valence-electron chi connectivity index (χ0n) is 13.3. The van der Waals surface area contributed by atoms with Gasteiger partial charge in [-0.25, -0.2) is 4.39 Å². The summed E-state index contributed by atoms with van der Waals surface area (Å²) in [6.45, 7) is 6.41. The highest BCUT2D eigenvalue weighted by Crippen LogP contribution is 2.25. The van der Waals surface area contributed by atoms with Crippen molar-refractivity contribution in [2.75, 3.05) is 7.05 Å². The Bertz CT molecular complexity index is 587. The van der Waals surface area contributed by atoms with E-state index in [0.29, 0.717) is 5.92 Å². The predicted molar refractivity (Wildman–Crippen MR) is 87.0 cm³/mol. The lowest BCUT2D eigenvalue weighted by Crippen LogP contribution is -2.18. The molecule has 1 N–H and O–H groups in total. The summed E-state index contributed by atoms with van der Waals surface area (Å²) in [6, 6.07) is 13.8. The van der Waals surface area contributed by atoms with Crippen LogP contribution in [0.5, 0.6) is 0 Å². The predicted octanol–water partition coefficient (Wildman–Crippen LogP) is 4.64. The van der Waals surface area contributed by atoms with Crippen LogP contribution in [0.4, 0.5) is 4.39 Å². The van der Waals surface area contributed by atoms with Crippen LogP contribution in [0.25, 0.3) is 0 Å². The molecule has 1 unspecified atom stereocenters. The third-order valence-electron chi connectivity index (χ3n) is 3.79. The molecule has 0 saturated heterocycles. The van der Waals surface area contributed by atoms with Gasteiger partial charge < -0.3 is 5.32 Å². The lowest BCUT2D eigenvalue weighted by atomic mass is 9.93. The maximum absolute atomic E-state index is 13.3. The van der Waals surface area contributed by atoms with E-state index in [1.807, 2.05) is 20.0 Å². The lowest BCUT2D eigenvalue weighted by molar-refractivity contribution is 0.621. The van der Waals surface area contributed by atoms with Crippen LogP contribution in [0.3, 0.4) is 0 Å². The molecule has 112 valence electrons. The second-order valence-electron chi connectivity index (χ2n) is 6.06. The standard InChI is InChI=1S/C19H24FN/c1-13(2)11-15-5-7-16(8-6-15)19(21-4)18-10-9-17(20)12-14(18)3/h5-10,12-13,19,21H,11H2,1-4H3. The highest BCUT2D eigenvalue weighted by Gasteiger charge is 2.14. The molecule has 21 heavy (non-hydrogen) atoms. The Balaban J connectivity index is 2.28. The van der Waals surface area contributed by atoms with E-state index in [2.05, 4.69) is 43.4 Å². The van der Waals surface area contributed by atoms with Crippen LogP contribution in [0, 0.1) is 18.7 Å². The number of hydrogen-bond acceptors (Lipinski definition) is 1. The van der Waals surface area contributed by atoms with E-state index in [1.54, 1.807) is 6.07 Å². The van der Waals surface area contributed by atoms with Gasteiger partial charge in [0, 0.05) is 0 Å². The molecule has 0 aliphatic rings. The van der Waals surface area contributed by atoms with Gasteiger partial charge in [-0.05, 0) is 60.7 Å². The molecule has 2 heteroatoms. The molecular weight excluding hydrogens is 261 g/mol. The van der Waals surface area contributed by atoms with Crippen molar-refractivity contribution in [3.8, 4) is 0 Å². The molecular formula is C19H24FN. The summed E-state index contributed by atoms with van der Waals surface area (Å²) in [7, 11) is 1.94. The van der Waals surface area contributed by atoms with E-state index in [1.165, 1.54) is 17.2 Å². The summed E-state index contributed by atoms with van der Waals surface area (Å²) in [5.74, 6) is 0.480. The number of nitrogens with one attached hydrogen (secondary N) is 1. The van der Waals surface area contributed by atoms with Crippen molar-refractivity contribution in [3.05, 3.63) is 70.5 Å². The number of benzene rings is 2. The Morgan fingerprint density at radius 1 is 1.05 bits per heavy atom. The van der Waals surface area contributed by atoms with Gasteiger partial charge in [-0.2, -0.15) is 0 Å². The van der Waals surface area contributed by atoms with Crippen LogP contribution in [-0.4, -0.2) is 7.05 Å². The normalized spacial score (nSPS) is 12.7. The van der Waals surface area contributed by atoms with Gasteiger partial charge in [0.2, 0.25) is 0 Å². The van der Waals surface area contributed by atoms with Crippen molar-refractivity contribution in [1.29, 1.82) is 0 Å². The third-order valence-corrected chi connectivity index (χ3v) is 3.79. The Morgan fingerprint density at radius 2 is 1.71 bits per heavy atom. The first kappa shape index (κ1) is 15.7. The van der Waals surface area contributed by atoms with Gasteiger partial charge in [0.25, 0.3) is 0 Å².